The minimum atomic E-state index is -0.845. The first-order valence-electron chi connectivity index (χ1n) is 6.17. The van der Waals surface area contributed by atoms with Gasteiger partial charge in [0, 0.05) is 12.8 Å². The Labute approximate surface area is 111 Å². The van der Waals surface area contributed by atoms with Gasteiger partial charge in [-0.1, -0.05) is 30.3 Å². The van der Waals surface area contributed by atoms with E-state index in [0.29, 0.717) is 24.4 Å². The Kier molecular flexibility index (Phi) is 4.36. The van der Waals surface area contributed by atoms with E-state index in [2.05, 4.69) is 0 Å². The fraction of sp³-hybridized carbons (Fsp3) is 0.267. The number of carboxylic acids is 1. The van der Waals surface area contributed by atoms with E-state index in [1.165, 1.54) is 0 Å². The predicted molar refractivity (Wildman–Crippen MR) is 69.8 cm³/mol. The van der Waals surface area contributed by atoms with Crippen LogP contribution in [0.25, 0.3) is 0 Å². The molecule has 1 aromatic heterocycles. The minimum absolute atomic E-state index is 0.0498. The molecule has 19 heavy (non-hydrogen) atoms. The topological polar surface area (TPSA) is 70.7 Å². The van der Waals surface area contributed by atoms with E-state index in [1.807, 2.05) is 30.3 Å². The summed E-state index contributed by atoms with van der Waals surface area (Å²) in [5.41, 5.74) is 0.839. The van der Waals surface area contributed by atoms with E-state index in [1.54, 1.807) is 12.1 Å². The maximum absolute atomic E-state index is 10.5. The van der Waals surface area contributed by atoms with Crippen LogP contribution in [-0.4, -0.2) is 16.2 Å². The second kappa shape index (κ2) is 6.20. The molecular formula is C15H16O4. The lowest BCUT2D eigenvalue weighted by molar-refractivity contribution is -0.137. The van der Waals surface area contributed by atoms with Crippen LogP contribution in [0.15, 0.2) is 46.9 Å². The molecule has 0 saturated heterocycles. The number of aliphatic hydroxyl groups excluding tert-OH is 1. The smallest absolute Gasteiger partial charge is 0.303 e. The van der Waals surface area contributed by atoms with Gasteiger partial charge >= 0.3 is 5.97 Å². The fourth-order valence-electron chi connectivity index (χ4n) is 1.88. The van der Waals surface area contributed by atoms with Crippen molar-refractivity contribution in [3.05, 3.63) is 59.5 Å². The van der Waals surface area contributed by atoms with Gasteiger partial charge in [0.05, 0.1) is 12.5 Å². The van der Waals surface area contributed by atoms with Crippen molar-refractivity contribution in [3.8, 4) is 0 Å². The van der Waals surface area contributed by atoms with Gasteiger partial charge in [0.2, 0.25) is 0 Å². The quantitative estimate of drug-likeness (QED) is 0.837. The Morgan fingerprint density at radius 1 is 1.11 bits per heavy atom. The van der Waals surface area contributed by atoms with Gasteiger partial charge in [-0.3, -0.25) is 4.79 Å². The molecule has 1 atom stereocenters. The molecule has 1 heterocycles. The summed E-state index contributed by atoms with van der Waals surface area (Å²) in [5, 5.41) is 18.6. The van der Waals surface area contributed by atoms with Crippen LogP contribution in [0.3, 0.4) is 0 Å². The summed E-state index contributed by atoms with van der Waals surface area (Å²) < 4.78 is 5.50. The number of aliphatic hydroxyl groups is 1. The van der Waals surface area contributed by atoms with Crippen LogP contribution >= 0.6 is 0 Å². The Hall–Kier alpha value is -2.07. The van der Waals surface area contributed by atoms with Gasteiger partial charge in [0.15, 0.2) is 0 Å². The number of aliphatic carboxylic acids is 1. The summed E-state index contributed by atoms with van der Waals surface area (Å²) in [6.07, 6.45) is 0.196. The van der Waals surface area contributed by atoms with Gasteiger partial charge in [0.25, 0.3) is 0 Å². The molecule has 100 valence electrons. The molecule has 0 aliphatic carbocycles. The molecule has 0 aliphatic rings. The number of rotatable bonds is 6. The molecule has 4 heteroatoms. The average molecular weight is 260 g/mol. The summed E-state index contributed by atoms with van der Waals surface area (Å²) >= 11 is 0. The highest BCUT2D eigenvalue weighted by atomic mass is 16.4. The molecule has 1 unspecified atom stereocenters. The molecule has 2 N–H and O–H groups in total. The average Bonchev–Trinajstić information content (AvgIpc) is 2.85. The highest BCUT2D eigenvalue weighted by Gasteiger charge is 2.11. The van der Waals surface area contributed by atoms with E-state index in [-0.39, 0.29) is 6.42 Å². The minimum Gasteiger partial charge on any atom is -0.481 e. The summed E-state index contributed by atoms with van der Waals surface area (Å²) in [4.78, 5) is 10.5. The van der Waals surface area contributed by atoms with E-state index in [4.69, 9.17) is 9.52 Å². The van der Waals surface area contributed by atoms with Crippen molar-refractivity contribution >= 4 is 5.97 Å². The first kappa shape index (κ1) is 13.4. The van der Waals surface area contributed by atoms with Crippen molar-refractivity contribution < 1.29 is 19.4 Å². The lowest BCUT2D eigenvalue weighted by atomic mass is 10.1. The number of carboxylic acid groups (broad SMARTS) is 1. The van der Waals surface area contributed by atoms with Crippen molar-refractivity contribution in [1.29, 1.82) is 0 Å². The number of furan rings is 1. The normalized spacial score (nSPS) is 12.3. The Morgan fingerprint density at radius 2 is 1.79 bits per heavy atom. The SMILES string of the molecule is O=C(O)CCc1ccc(CC(O)c2ccccc2)o1. The zero-order valence-corrected chi connectivity index (χ0v) is 10.5. The molecule has 1 aromatic carbocycles. The summed E-state index contributed by atoms with van der Waals surface area (Å²) in [6, 6.07) is 12.9. The zero-order valence-electron chi connectivity index (χ0n) is 10.5. The monoisotopic (exact) mass is 260 g/mol. The summed E-state index contributed by atoms with van der Waals surface area (Å²) in [5.74, 6) is 0.455. The second-order valence-corrected chi connectivity index (χ2v) is 4.39. The third kappa shape index (κ3) is 3.96. The van der Waals surface area contributed by atoms with Crippen LogP contribution < -0.4 is 0 Å². The molecule has 4 nitrogen and oxygen atoms in total. The Balaban J connectivity index is 1.94. The summed E-state index contributed by atoms with van der Waals surface area (Å²) in [6.45, 7) is 0. The highest BCUT2D eigenvalue weighted by Crippen LogP contribution is 2.20. The van der Waals surface area contributed by atoms with Gasteiger partial charge in [-0.2, -0.15) is 0 Å². The molecule has 0 aliphatic heterocycles. The lowest BCUT2D eigenvalue weighted by Crippen LogP contribution is -2.00. The third-order valence-corrected chi connectivity index (χ3v) is 2.88. The van der Waals surface area contributed by atoms with Crippen LogP contribution in [0.1, 0.15) is 29.6 Å². The maximum atomic E-state index is 10.5. The molecule has 0 spiro atoms. The van der Waals surface area contributed by atoms with Crippen LogP contribution in [0.5, 0.6) is 0 Å². The van der Waals surface area contributed by atoms with Crippen LogP contribution in [0.4, 0.5) is 0 Å². The maximum Gasteiger partial charge on any atom is 0.303 e. The first-order chi connectivity index (χ1) is 9.15. The van der Waals surface area contributed by atoms with E-state index in [0.717, 1.165) is 5.56 Å². The molecule has 0 amide bonds. The molecule has 0 saturated carbocycles. The van der Waals surface area contributed by atoms with Crippen molar-refractivity contribution in [2.75, 3.05) is 0 Å². The number of hydrogen-bond acceptors (Lipinski definition) is 3. The number of carbonyl (C=O) groups is 1. The van der Waals surface area contributed by atoms with Crippen molar-refractivity contribution in [2.24, 2.45) is 0 Å². The van der Waals surface area contributed by atoms with Crippen molar-refractivity contribution in [3.63, 3.8) is 0 Å². The second-order valence-electron chi connectivity index (χ2n) is 4.39. The van der Waals surface area contributed by atoms with E-state index >= 15 is 0 Å². The molecule has 0 bridgehead atoms. The predicted octanol–water partition coefficient (Wildman–Crippen LogP) is 2.57. The number of hydrogen-bond donors (Lipinski definition) is 2. The number of benzene rings is 1. The fourth-order valence-corrected chi connectivity index (χ4v) is 1.88. The van der Waals surface area contributed by atoms with E-state index < -0.39 is 12.1 Å². The van der Waals surface area contributed by atoms with E-state index in [9.17, 15) is 9.90 Å². The largest absolute Gasteiger partial charge is 0.481 e. The van der Waals surface area contributed by atoms with Crippen molar-refractivity contribution in [2.45, 2.75) is 25.4 Å². The van der Waals surface area contributed by atoms with Gasteiger partial charge in [0.1, 0.15) is 11.5 Å². The van der Waals surface area contributed by atoms with Crippen molar-refractivity contribution in [1.82, 2.24) is 0 Å². The van der Waals surface area contributed by atoms with Gasteiger partial charge in [-0.25, -0.2) is 0 Å². The zero-order chi connectivity index (χ0) is 13.7. The third-order valence-electron chi connectivity index (χ3n) is 2.88. The first-order valence-corrected chi connectivity index (χ1v) is 6.17. The standard InChI is InChI=1S/C15H16O4/c16-14(11-4-2-1-3-5-11)10-13-7-6-12(19-13)8-9-15(17)18/h1-7,14,16H,8-10H2,(H,17,18). The number of aryl methyl sites for hydroxylation is 1. The van der Waals surface area contributed by atoms with Gasteiger partial charge in [-0.05, 0) is 17.7 Å². The molecule has 2 aromatic rings. The van der Waals surface area contributed by atoms with Crippen LogP contribution in [0.2, 0.25) is 0 Å². The van der Waals surface area contributed by atoms with Crippen LogP contribution in [-0.2, 0) is 17.6 Å². The summed E-state index contributed by atoms with van der Waals surface area (Å²) in [7, 11) is 0. The molecule has 0 radical (unpaired) electrons. The molecule has 2 rings (SSSR count). The molecular weight excluding hydrogens is 244 g/mol. The highest BCUT2D eigenvalue weighted by molar-refractivity contribution is 5.66. The lowest BCUT2D eigenvalue weighted by Gasteiger charge is -2.08. The van der Waals surface area contributed by atoms with Crippen LogP contribution in [0, 0.1) is 0 Å². The Morgan fingerprint density at radius 3 is 2.47 bits per heavy atom. The Bertz CT molecular complexity index is 530. The van der Waals surface area contributed by atoms with Gasteiger partial charge in [-0.15, -0.1) is 0 Å². The molecule has 0 fully saturated rings. The van der Waals surface area contributed by atoms with Gasteiger partial charge < -0.3 is 14.6 Å².